The van der Waals surface area contributed by atoms with Gasteiger partial charge in [-0.1, -0.05) is 0 Å². The van der Waals surface area contributed by atoms with E-state index < -0.39 is 5.82 Å². The number of thioether (sulfide) groups is 1. The quantitative estimate of drug-likeness (QED) is 0.688. The van der Waals surface area contributed by atoms with Gasteiger partial charge in [0.2, 0.25) is 0 Å². The number of carbonyl (C=O) groups excluding carboxylic acids is 1. The highest BCUT2D eigenvalue weighted by molar-refractivity contribution is 8.02. The van der Waals surface area contributed by atoms with Gasteiger partial charge in [0.1, 0.15) is 5.82 Å². The molecule has 0 spiro atoms. The molecule has 28 heavy (non-hydrogen) atoms. The van der Waals surface area contributed by atoms with Gasteiger partial charge in [-0.2, -0.15) is 20.1 Å². The topological polar surface area (TPSA) is 75.9 Å². The van der Waals surface area contributed by atoms with E-state index in [0.29, 0.717) is 37.8 Å². The lowest BCUT2D eigenvalue weighted by atomic mass is 10.1. The number of rotatable bonds is 6. The first kappa shape index (κ1) is 20.2. The molecular weight excluding hydrogens is 383 g/mol. The fourth-order valence-corrected chi connectivity index (χ4v) is 3.40. The molecule has 2 heterocycles. The normalized spacial score (nSPS) is 16.1. The van der Waals surface area contributed by atoms with Crippen molar-refractivity contribution in [2.45, 2.75) is 6.92 Å². The Labute approximate surface area is 166 Å². The zero-order valence-corrected chi connectivity index (χ0v) is 16.3. The maximum atomic E-state index is 13.8. The molecule has 1 fully saturated rings. The molecule has 1 amide bonds. The molecule has 148 valence electrons. The predicted molar refractivity (Wildman–Crippen MR) is 106 cm³/mol. The second kappa shape index (κ2) is 9.58. The van der Waals surface area contributed by atoms with E-state index in [0.717, 1.165) is 5.70 Å². The maximum Gasteiger partial charge on any atom is 0.256 e. The number of aliphatic imine (C=N–C) groups is 1. The van der Waals surface area contributed by atoms with Crippen molar-refractivity contribution in [2.24, 2.45) is 4.99 Å². The van der Waals surface area contributed by atoms with Crippen molar-refractivity contribution in [3.63, 3.8) is 0 Å². The number of hydrogen-bond acceptors (Lipinski definition) is 7. The molecule has 0 saturated carbocycles. The Hall–Kier alpha value is -2.56. The molecule has 0 N–H and O–H groups in total. The summed E-state index contributed by atoms with van der Waals surface area (Å²) in [5, 5.41) is 11.8. The van der Waals surface area contributed by atoms with Crippen LogP contribution in [-0.2, 0) is 4.84 Å². The first-order valence-corrected chi connectivity index (χ1v) is 9.72. The maximum absolute atomic E-state index is 13.8. The van der Waals surface area contributed by atoms with Gasteiger partial charge in [-0.25, -0.2) is 4.39 Å². The van der Waals surface area contributed by atoms with E-state index in [1.807, 2.05) is 12.3 Å². The first-order chi connectivity index (χ1) is 13.6. The molecule has 0 radical (unpaired) electrons. The van der Waals surface area contributed by atoms with Crippen LogP contribution in [0.3, 0.4) is 0 Å². The molecule has 0 atom stereocenters. The summed E-state index contributed by atoms with van der Waals surface area (Å²) in [6.45, 7) is 7.11. The van der Waals surface area contributed by atoms with Gasteiger partial charge in [-0.15, -0.1) is 11.8 Å². The van der Waals surface area contributed by atoms with Crippen LogP contribution in [0.5, 0.6) is 0 Å². The summed E-state index contributed by atoms with van der Waals surface area (Å²) in [6.07, 6.45) is 3.01. The number of carbonyl (C=O) groups is 1. The second-order valence-electron chi connectivity index (χ2n) is 6.02. The zero-order valence-electron chi connectivity index (χ0n) is 15.5. The smallest absolute Gasteiger partial charge is 0.256 e. The molecule has 0 bridgehead atoms. The van der Waals surface area contributed by atoms with Gasteiger partial charge in [0.05, 0.1) is 36.1 Å². The number of nitrogens with zero attached hydrogens (tertiary/aromatic N) is 6. The van der Waals surface area contributed by atoms with Crippen LogP contribution in [0.4, 0.5) is 4.39 Å². The summed E-state index contributed by atoms with van der Waals surface area (Å²) in [5.74, 6) is -0.157. The Balaban J connectivity index is 1.69. The van der Waals surface area contributed by atoms with E-state index in [2.05, 4.69) is 21.9 Å². The Bertz CT molecular complexity index is 858. The predicted octanol–water partition coefficient (Wildman–Crippen LogP) is 2.35. The van der Waals surface area contributed by atoms with Crippen molar-refractivity contribution in [1.29, 1.82) is 0 Å². The van der Waals surface area contributed by atoms with Crippen LogP contribution in [0.15, 0.2) is 46.7 Å². The number of aromatic nitrogens is 3. The lowest BCUT2D eigenvalue weighted by Gasteiger charge is -2.21. The fourth-order valence-electron chi connectivity index (χ4n) is 2.64. The van der Waals surface area contributed by atoms with E-state index in [-0.39, 0.29) is 11.5 Å². The monoisotopic (exact) mass is 404 g/mol. The van der Waals surface area contributed by atoms with Crippen molar-refractivity contribution in [2.75, 3.05) is 32.1 Å². The largest absolute Gasteiger partial charge is 0.335 e. The summed E-state index contributed by atoms with van der Waals surface area (Å²) in [7, 11) is 0. The third kappa shape index (κ3) is 5.03. The molecule has 10 heteroatoms. The average molecular weight is 404 g/mol. The highest BCUT2D eigenvalue weighted by atomic mass is 32.2. The van der Waals surface area contributed by atoms with Crippen LogP contribution in [0, 0.1) is 5.82 Å². The lowest BCUT2D eigenvalue weighted by Crippen LogP contribution is -2.36. The Morgan fingerprint density at radius 3 is 2.89 bits per heavy atom. The first-order valence-electron chi connectivity index (χ1n) is 8.67. The molecular formula is C18H21FN6O2S. The van der Waals surface area contributed by atoms with Crippen molar-refractivity contribution in [3.8, 4) is 5.69 Å². The van der Waals surface area contributed by atoms with Gasteiger partial charge in [0, 0.05) is 25.3 Å². The van der Waals surface area contributed by atoms with E-state index >= 15 is 0 Å². The molecule has 1 saturated heterocycles. The van der Waals surface area contributed by atoms with Crippen LogP contribution in [0.1, 0.15) is 17.3 Å². The van der Waals surface area contributed by atoms with Gasteiger partial charge >= 0.3 is 0 Å². The van der Waals surface area contributed by atoms with Gasteiger partial charge in [0.15, 0.2) is 0 Å². The standard InChI is InChI=1S/C18H21FN6O2S/c1-14(20-2)12-28-13-24-8-7-23(9-10-27-24)18(26)16-11-15(19)3-4-17(16)25-21-5-6-22-25/h3-6,11-12H,2,7-10,13H2,1H3/b14-12-. The number of allylic oxidation sites excluding steroid dienone is 1. The van der Waals surface area contributed by atoms with Gasteiger partial charge in [-0.05, 0) is 37.2 Å². The Morgan fingerprint density at radius 2 is 2.14 bits per heavy atom. The minimum absolute atomic E-state index is 0.217. The Morgan fingerprint density at radius 1 is 1.36 bits per heavy atom. The average Bonchev–Trinajstić information content (AvgIpc) is 3.13. The van der Waals surface area contributed by atoms with Crippen molar-refractivity contribution >= 4 is 24.4 Å². The highest BCUT2D eigenvalue weighted by Gasteiger charge is 2.24. The van der Waals surface area contributed by atoms with Crippen LogP contribution >= 0.6 is 11.8 Å². The molecule has 8 nitrogen and oxygen atoms in total. The SMILES string of the molecule is C=N/C(C)=C\SCN1CCN(C(=O)c2cc(F)ccc2-n2nccn2)CCO1. The lowest BCUT2D eigenvalue weighted by molar-refractivity contribution is -0.132. The van der Waals surface area contributed by atoms with Crippen LogP contribution in [-0.4, -0.2) is 69.7 Å². The number of halogens is 1. The Kier molecular flexibility index (Phi) is 6.90. The van der Waals surface area contributed by atoms with Crippen molar-refractivity contribution < 1.29 is 14.0 Å². The van der Waals surface area contributed by atoms with Gasteiger partial charge < -0.3 is 4.90 Å². The number of amides is 1. The minimum atomic E-state index is -0.485. The summed E-state index contributed by atoms with van der Waals surface area (Å²) >= 11 is 1.54. The van der Waals surface area contributed by atoms with E-state index in [4.69, 9.17) is 4.84 Å². The van der Waals surface area contributed by atoms with Gasteiger partial charge in [0.25, 0.3) is 5.91 Å². The molecule has 3 rings (SSSR count). The van der Waals surface area contributed by atoms with Gasteiger partial charge in [-0.3, -0.25) is 14.6 Å². The van der Waals surface area contributed by atoms with Crippen LogP contribution in [0.2, 0.25) is 0 Å². The summed E-state index contributed by atoms with van der Waals surface area (Å²) in [5.41, 5.74) is 1.49. The second-order valence-corrected chi connectivity index (χ2v) is 6.85. The summed E-state index contributed by atoms with van der Waals surface area (Å²) in [4.78, 5) is 25.5. The van der Waals surface area contributed by atoms with E-state index in [1.165, 1.54) is 35.4 Å². The zero-order chi connectivity index (χ0) is 19.9. The number of benzene rings is 1. The molecule has 0 aliphatic carbocycles. The molecule has 1 aliphatic rings. The molecule has 1 aromatic heterocycles. The molecule has 1 aromatic carbocycles. The van der Waals surface area contributed by atoms with Crippen molar-refractivity contribution in [1.82, 2.24) is 25.0 Å². The molecule has 1 aliphatic heterocycles. The van der Waals surface area contributed by atoms with E-state index in [9.17, 15) is 9.18 Å². The van der Waals surface area contributed by atoms with Crippen LogP contribution < -0.4 is 0 Å². The minimum Gasteiger partial charge on any atom is -0.335 e. The summed E-state index contributed by atoms with van der Waals surface area (Å²) in [6, 6.07) is 4.01. The third-order valence-corrected chi connectivity index (χ3v) is 5.03. The highest BCUT2D eigenvalue weighted by Crippen LogP contribution is 2.18. The molecule has 2 aromatic rings. The fraction of sp³-hybridized carbons (Fsp3) is 0.333. The van der Waals surface area contributed by atoms with E-state index in [1.54, 1.807) is 21.7 Å². The molecule has 0 unspecified atom stereocenters. The summed E-state index contributed by atoms with van der Waals surface area (Å²) < 4.78 is 13.8. The van der Waals surface area contributed by atoms with Crippen LogP contribution in [0.25, 0.3) is 5.69 Å². The third-order valence-electron chi connectivity index (χ3n) is 4.09. The number of hydroxylamine groups is 2. The number of hydrogen-bond donors (Lipinski definition) is 0. The van der Waals surface area contributed by atoms with Crippen molar-refractivity contribution in [3.05, 3.63) is 53.1 Å².